The van der Waals surface area contributed by atoms with Crippen molar-refractivity contribution in [1.29, 1.82) is 0 Å². The first kappa shape index (κ1) is 13.8. The molecular weight excluding hydrogens is 240 g/mol. The number of hydrogen-bond donors (Lipinski definition) is 0. The molecule has 102 valence electrons. The molecule has 1 aromatic carbocycles. The standard InChI is InChI=1S/C16H20O3/c1-13(17)19-16-9-7-15(8-10-16)12-18-11-14-5-3-2-4-6-14/h2-7,9,15-16H,8,10-12H2,1H3/t15-,16-/m1/s1. The van der Waals surface area contributed by atoms with Crippen LogP contribution in [-0.2, 0) is 20.9 Å². The lowest BCUT2D eigenvalue weighted by Crippen LogP contribution is -2.21. The van der Waals surface area contributed by atoms with Crippen molar-refractivity contribution in [2.24, 2.45) is 5.92 Å². The van der Waals surface area contributed by atoms with Gasteiger partial charge in [-0.2, -0.15) is 0 Å². The molecule has 0 heterocycles. The topological polar surface area (TPSA) is 35.5 Å². The minimum atomic E-state index is -0.214. The van der Waals surface area contributed by atoms with Crippen LogP contribution in [0.25, 0.3) is 0 Å². The highest BCUT2D eigenvalue weighted by atomic mass is 16.5. The molecule has 0 spiro atoms. The number of carbonyl (C=O) groups excluding carboxylic acids is 1. The molecule has 1 aliphatic rings. The van der Waals surface area contributed by atoms with Gasteiger partial charge in [0.25, 0.3) is 0 Å². The third kappa shape index (κ3) is 4.87. The second-order valence-corrected chi connectivity index (χ2v) is 4.87. The molecule has 19 heavy (non-hydrogen) atoms. The number of ether oxygens (including phenoxy) is 2. The predicted octanol–water partition coefficient (Wildman–Crippen LogP) is 3.10. The van der Waals surface area contributed by atoms with Crippen molar-refractivity contribution < 1.29 is 14.3 Å². The Kier molecular flexibility index (Phi) is 5.16. The molecule has 0 bridgehead atoms. The Morgan fingerprint density at radius 2 is 2.00 bits per heavy atom. The van der Waals surface area contributed by atoms with E-state index >= 15 is 0 Å². The molecule has 0 aromatic heterocycles. The van der Waals surface area contributed by atoms with Crippen LogP contribution in [0.2, 0.25) is 0 Å². The Bertz CT molecular complexity index is 425. The van der Waals surface area contributed by atoms with Gasteiger partial charge in [-0.05, 0) is 24.5 Å². The fourth-order valence-electron chi connectivity index (χ4n) is 2.20. The zero-order chi connectivity index (χ0) is 13.5. The lowest BCUT2D eigenvalue weighted by molar-refractivity contribution is -0.144. The highest BCUT2D eigenvalue weighted by molar-refractivity contribution is 5.66. The summed E-state index contributed by atoms with van der Waals surface area (Å²) in [6.07, 6.45) is 5.91. The summed E-state index contributed by atoms with van der Waals surface area (Å²) in [5.41, 5.74) is 1.19. The largest absolute Gasteiger partial charge is 0.458 e. The van der Waals surface area contributed by atoms with E-state index in [1.165, 1.54) is 12.5 Å². The van der Waals surface area contributed by atoms with Crippen molar-refractivity contribution in [3.63, 3.8) is 0 Å². The molecule has 0 N–H and O–H groups in total. The van der Waals surface area contributed by atoms with E-state index < -0.39 is 0 Å². The van der Waals surface area contributed by atoms with Gasteiger partial charge in [0.2, 0.25) is 0 Å². The maximum absolute atomic E-state index is 10.8. The Balaban J connectivity index is 1.69. The van der Waals surface area contributed by atoms with Crippen molar-refractivity contribution in [2.75, 3.05) is 6.61 Å². The zero-order valence-electron chi connectivity index (χ0n) is 11.2. The van der Waals surface area contributed by atoms with Crippen molar-refractivity contribution in [3.8, 4) is 0 Å². The van der Waals surface area contributed by atoms with Crippen LogP contribution >= 0.6 is 0 Å². The van der Waals surface area contributed by atoms with Gasteiger partial charge in [0, 0.05) is 12.8 Å². The molecule has 2 rings (SSSR count). The molecule has 3 heteroatoms. The molecular formula is C16H20O3. The lowest BCUT2D eigenvalue weighted by atomic mass is 9.95. The number of hydrogen-bond acceptors (Lipinski definition) is 3. The molecule has 0 saturated carbocycles. The zero-order valence-corrected chi connectivity index (χ0v) is 11.2. The highest BCUT2D eigenvalue weighted by Gasteiger charge is 2.17. The van der Waals surface area contributed by atoms with Gasteiger partial charge < -0.3 is 9.47 Å². The Morgan fingerprint density at radius 1 is 1.21 bits per heavy atom. The first-order valence-corrected chi connectivity index (χ1v) is 6.71. The van der Waals surface area contributed by atoms with Gasteiger partial charge in [0.05, 0.1) is 13.2 Å². The van der Waals surface area contributed by atoms with Crippen LogP contribution in [0.5, 0.6) is 0 Å². The van der Waals surface area contributed by atoms with Gasteiger partial charge in [-0.1, -0.05) is 36.4 Å². The van der Waals surface area contributed by atoms with E-state index in [4.69, 9.17) is 9.47 Å². The quantitative estimate of drug-likeness (QED) is 0.603. The van der Waals surface area contributed by atoms with Crippen molar-refractivity contribution in [2.45, 2.75) is 32.5 Å². The molecule has 0 saturated heterocycles. The molecule has 1 aliphatic carbocycles. The summed E-state index contributed by atoms with van der Waals surface area (Å²) in [7, 11) is 0. The summed E-state index contributed by atoms with van der Waals surface area (Å²) < 4.78 is 10.9. The second kappa shape index (κ2) is 7.10. The lowest BCUT2D eigenvalue weighted by Gasteiger charge is -2.22. The summed E-state index contributed by atoms with van der Waals surface area (Å²) >= 11 is 0. The van der Waals surface area contributed by atoms with E-state index in [-0.39, 0.29) is 12.1 Å². The van der Waals surface area contributed by atoms with Gasteiger partial charge in [-0.15, -0.1) is 0 Å². The minimum absolute atomic E-state index is 0.0529. The Morgan fingerprint density at radius 3 is 2.63 bits per heavy atom. The van der Waals surface area contributed by atoms with E-state index in [1.807, 2.05) is 24.3 Å². The van der Waals surface area contributed by atoms with Crippen LogP contribution in [0.15, 0.2) is 42.5 Å². The maximum Gasteiger partial charge on any atom is 0.303 e. The summed E-state index contributed by atoms with van der Waals surface area (Å²) in [5, 5.41) is 0. The van der Waals surface area contributed by atoms with Gasteiger partial charge in [0.15, 0.2) is 0 Å². The third-order valence-corrected chi connectivity index (χ3v) is 3.18. The average molecular weight is 260 g/mol. The predicted molar refractivity (Wildman–Crippen MR) is 73.5 cm³/mol. The molecule has 0 radical (unpaired) electrons. The normalized spacial score (nSPS) is 22.2. The van der Waals surface area contributed by atoms with E-state index in [1.54, 1.807) is 0 Å². The van der Waals surface area contributed by atoms with Gasteiger partial charge in [0.1, 0.15) is 6.10 Å². The molecule has 2 atom stereocenters. The fourth-order valence-corrected chi connectivity index (χ4v) is 2.20. The summed E-state index contributed by atoms with van der Waals surface area (Å²) in [6.45, 7) is 2.82. The third-order valence-electron chi connectivity index (χ3n) is 3.18. The number of esters is 1. The summed E-state index contributed by atoms with van der Waals surface area (Å²) in [6, 6.07) is 10.2. The number of rotatable bonds is 5. The summed E-state index contributed by atoms with van der Waals surface area (Å²) in [4.78, 5) is 10.8. The van der Waals surface area contributed by atoms with E-state index in [2.05, 4.69) is 18.2 Å². The van der Waals surface area contributed by atoms with Crippen LogP contribution in [0.3, 0.4) is 0 Å². The number of carbonyl (C=O) groups is 1. The van der Waals surface area contributed by atoms with Crippen LogP contribution in [0.4, 0.5) is 0 Å². The SMILES string of the molecule is CC(=O)O[C@@H]1C=C[C@@H](COCc2ccccc2)CC1. The molecule has 1 aromatic rings. The van der Waals surface area contributed by atoms with Crippen LogP contribution in [0, 0.1) is 5.92 Å². The highest BCUT2D eigenvalue weighted by Crippen LogP contribution is 2.20. The Labute approximate surface area is 114 Å². The smallest absolute Gasteiger partial charge is 0.303 e. The molecule has 0 fully saturated rings. The second-order valence-electron chi connectivity index (χ2n) is 4.87. The molecule has 0 unspecified atom stereocenters. The summed E-state index contributed by atoms with van der Waals surface area (Å²) in [5.74, 6) is 0.212. The molecule has 3 nitrogen and oxygen atoms in total. The monoisotopic (exact) mass is 260 g/mol. The van der Waals surface area contributed by atoms with Crippen LogP contribution in [-0.4, -0.2) is 18.7 Å². The van der Waals surface area contributed by atoms with Crippen LogP contribution in [0.1, 0.15) is 25.3 Å². The van der Waals surface area contributed by atoms with E-state index in [9.17, 15) is 4.79 Å². The van der Waals surface area contributed by atoms with Gasteiger partial charge in [-0.25, -0.2) is 0 Å². The van der Waals surface area contributed by atoms with E-state index in [0.29, 0.717) is 12.5 Å². The number of benzene rings is 1. The average Bonchev–Trinajstić information content (AvgIpc) is 2.41. The molecule has 0 amide bonds. The first-order valence-electron chi connectivity index (χ1n) is 6.71. The van der Waals surface area contributed by atoms with Crippen molar-refractivity contribution >= 4 is 5.97 Å². The first-order chi connectivity index (χ1) is 9.24. The van der Waals surface area contributed by atoms with Gasteiger partial charge in [-0.3, -0.25) is 4.79 Å². The van der Waals surface area contributed by atoms with Crippen LogP contribution < -0.4 is 0 Å². The van der Waals surface area contributed by atoms with E-state index in [0.717, 1.165) is 19.4 Å². The molecule has 0 aliphatic heterocycles. The fraction of sp³-hybridized carbons (Fsp3) is 0.438. The van der Waals surface area contributed by atoms with Crippen molar-refractivity contribution in [3.05, 3.63) is 48.0 Å². The van der Waals surface area contributed by atoms with Gasteiger partial charge >= 0.3 is 5.97 Å². The van der Waals surface area contributed by atoms with Crippen molar-refractivity contribution in [1.82, 2.24) is 0 Å². The Hall–Kier alpha value is -1.61. The maximum atomic E-state index is 10.8. The minimum Gasteiger partial charge on any atom is -0.458 e.